The maximum absolute atomic E-state index is 3.88. The number of hydrogen-bond acceptors (Lipinski definition) is 2. The summed E-state index contributed by atoms with van der Waals surface area (Å²) in [4.78, 5) is 7.59. The van der Waals surface area contributed by atoms with Gasteiger partial charge in [0.2, 0.25) is 6.67 Å². The minimum absolute atomic E-state index is 0.480. The monoisotopic (exact) mass is 108 g/mol. The van der Waals surface area contributed by atoms with Crippen molar-refractivity contribution in [3.63, 3.8) is 0 Å². The highest BCUT2D eigenvalue weighted by Gasteiger charge is 2.04. The molecule has 0 bridgehead atoms. The second-order valence-electron chi connectivity index (χ2n) is 2.05. The quantitative estimate of drug-likeness (QED) is 0.481. The Morgan fingerprint density at radius 1 is 1.62 bits per heavy atom. The molecule has 0 atom stereocenters. The van der Waals surface area contributed by atoms with Crippen molar-refractivity contribution < 1.29 is 0 Å². The Hall–Kier alpha value is -0.660. The summed E-state index contributed by atoms with van der Waals surface area (Å²) in [5.41, 5.74) is 1.02. The van der Waals surface area contributed by atoms with Crippen LogP contribution in [0.2, 0.25) is 0 Å². The Labute approximate surface area is 49.3 Å². The van der Waals surface area contributed by atoms with Crippen molar-refractivity contribution in [2.75, 3.05) is 0 Å². The van der Waals surface area contributed by atoms with E-state index in [1.54, 1.807) is 6.21 Å². The number of nitrogens with zero attached hydrogens (tertiary/aromatic N) is 2. The molecule has 2 heteroatoms. The summed E-state index contributed by atoms with van der Waals surface area (Å²) < 4.78 is 0. The van der Waals surface area contributed by atoms with E-state index in [2.05, 4.69) is 30.5 Å². The summed E-state index contributed by atoms with van der Waals surface area (Å²) in [6.07, 6.45) is 1.74. The van der Waals surface area contributed by atoms with Crippen LogP contribution in [0.25, 0.3) is 0 Å². The van der Waals surface area contributed by atoms with E-state index in [0.29, 0.717) is 5.92 Å². The van der Waals surface area contributed by atoms with Gasteiger partial charge in [-0.15, -0.1) is 0 Å². The molecule has 8 heavy (non-hydrogen) atoms. The van der Waals surface area contributed by atoms with Crippen molar-refractivity contribution in [3.05, 3.63) is 6.67 Å². The molecule has 1 aliphatic rings. The highest BCUT2D eigenvalue weighted by molar-refractivity contribution is 6.32. The lowest BCUT2D eigenvalue weighted by molar-refractivity contribution is 0.896. The van der Waals surface area contributed by atoms with Crippen molar-refractivity contribution in [2.45, 2.75) is 13.8 Å². The Balaban J connectivity index is 2.58. The summed E-state index contributed by atoms with van der Waals surface area (Å²) in [6, 6.07) is 0. The second kappa shape index (κ2) is 2.07. The standard InChI is InChI=1S/C6H8N2/c1-5(2)6-3-7-4-8-6/h3,5H,1-2H3. The van der Waals surface area contributed by atoms with Crippen LogP contribution in [0.5, 0.6) is 0 Å². The Morgan fingerprint density at radius 3 is 2.62 bits per heavy atom. The number of rotatable bonds is 1. The van der Waals surface area contributed by atoms with Crippen LogP contribution in [0.3, 0.4) is 0 Å². The van der Waals surface area contributed by atoms with Crippen LogP contribution in [0.15, 0.2) is 9.98 Å². The van der Waals surface area contributed by atoms with E-state index in [1.165, 1.54) is 0 Å². The summed E-state index contributed by atoms with van der Waals surface area (Å²) in [7, 11) is 0. The van der Waals surface area contributed by atoms with E-state index in [-0.39, 0.29) is 0 Å². The summed E-state index contributed by atoms with van der Waals surface area (Å²) >= 11 is 0. The molecule has 42 valence electrons. The van der Waals surface area contributed by atoms with Gasteiger partial charge in [-0.3, -0.25) is 4.99 Å². The third-order valence-corrected chi connectivity index (χ3v) is 1.03. The van der Waals surface area contributed by atoms with Crippen molar-refractivity contribution in [3.8, 4) is 0 Å². The molecule has 0 aromatic carbocycles. The molecule has 0 aromatic heterocycles. The van der Waals surface area contributed by atoms with Crippen LogP contribution in [-0.2, 0) is 0 Å². The zero-order valence-corrected chi connectivity index (χ0v) is 5.05. The maximum Gasteiger partial charge on any atom is 0.250 e. The fourth-order valence-electron chi connectivity index (χ4n) is 0.489. The summed E-state index contributed by atoms with van der Waals surface area (Å²) in [5, 5.41) is 0. The van der Waals surface area contributed by atoms with Crippen LogP contribution in [0.4, 0.5) is 0 Å². The molecule has 1 heterocycles. The normalized spacial score (nSPS) is 17.6. The van der Waals surface area contributed by atoms with E-state index >= 15 is 0 Å². The molecular weight excluding hydrogens is 100 g/mol. The minimum atomic E-state index is 0.480. The highest BCUT2D eigenvalue weighted by atomic mass is 15.0. The van der Waals surface area contributed by atoms with Crippen LogP contribution >= 0.6 is 0 Å². The predicted octanol–water partition coefficient (Wildman–Crippen LogP) is 1.16. The highest BCUT2D eigenvalue weighted by Crippen LogP contribution is 2.01. The van der Waals surface area contributed by atoms with Gasteiger partial charge >= 0.3 is 0 Å². The topological polar surface area (TPSA) is 24.7 Å². The Bertz CT molecular complexity index is 133. The fraction of sp³-hybridized carbons (Fsp3) is 0.500. The van der Waals surface area contributed by atoms with Crippen molar-refractivity contribution in [1.82, 2.24) is 0 Å². The molecule has 0 saturated carbocycles. The largest absolute Gasteiger partial charge is 0.252 e. The SMILES string of the molecule is CC(C)C1=N[C]N=C1. The molecule has 0 unspecified atom stereocenters. The van der Waals surface area contributed by atoms with Gasteiger partial charge < -0.3 is 0 Å². The van der Waals surface area contributed by atoms with Gasteiger partial charge in [0.1, 0.15) is 0 Å². The average molecular weight is 108 g/mol. The smallest absolute Gasteiger partial charge is 0.250 e. The molecule has 0 aromatic rings. The molecule has 0 amide bonds. The Kier molecular flexibility index (Phi) is 1.42. The van der Waals surface area contributed by atoms with Crippen molar-refractivity contribution in [2.24, 2.45) is 15.9 Å². The van der Waals surface area contributed by atoms with Gasteiger partial charge in [-0.05, 0) is 5.92 Å². The molecule has 0 spiro atoms. The number of aliphatic imine (C=N–C) groups is 2. The lowest BCUT2D eigenvalue weighted by Crippen LogP contribution is -2.04. The van der Waals surface area contributed by atoms with E-state index in [9.17, 15) is 0 Å². The lowest BCUT2D eigenvalue weighted by Gasteiger charge is -1.96. The third kappa shape index (κ3) is 0.941. The van der Waals surface area contributed by atoms with Crippen LogP contribution in [0.1, 0.15) is 13.8 Å². The molecule has 2 nitrogen and oxygen atoms in total. The first kappa shape index (κ1) is 5.48. The molecule has 1 aliphatic heterocycles. The fourth-order valence-corrected chi connectivity index (χ4v) is 0.489. The number of hydrogen-bond donors (Lipinski definition) is 0. The zero-order valence-electron chi connectivity index (χ0n) is 5.05. The van der Waals surface area contributed by atoms with Crippen molar-refractivity contribution in [1.29, 1.82) is 0 Å². The summed E-state index contributed by atoms with van der Waals surface area (Å²) in [5.74, 6) is 0.480. The summed E-state index contributed by atoms with van der Waals surface area (Å²) in [6.45, 7) is 6.67. The maximum atomic E-state index is 3.88. The van der Waals surface area contributed by atoms with Gasteiger partial charge in [0.15, 0.2) is 0 Å². The Morgan fingerprint density at radius 2 is 2.38 bits per heavy atom. The van der Waals surface area contributed by atoms with Crippen LogP contribution in [-0.4, -0.2) is 11.9 Å². The first-order chi connectivity index (χ1) is 3.80. The van der Waals surface area contributed by atoms with Gasteiger partial charge in [-0.25, -0.2) is 4.99 Å². The first-order valence-electron chi connectivity index (χ1n) is 2.66. The third-order valence-electron chi connectivity index (χ3n) is 1.03. The first-order valence-corrected chi connectivity index (χ1v) is 2.66. The molecular formula is C6H8N2. The van der Waals surface area contributed by atoms with Crippen LogP contribution in [0, 0.1) is 12.6 Å². The van der Waals surface area contributed by atoms with Crippen LogP contribution < -0.4 is 0 Å². The molecule has 2 radical (unpaired) electrons. The predicted molar refractivity (Wildman–Crippen MR) is 34.0 cm³/mol. The zero-order chi connectivity index (χ0) is 5.98. The average Bonchev–Trinajstić information content (AvgIpc) is 2.12. The molecule has 0 N–H and O–H groups in total. The van der Waals surface area contributed by atoms with E-state index in [0.717, 1.165) is 5.71 Å². The minimum Gasteiger partial charge on any atom is -0.252 e. The van der Waals surface area contributed by atoms with Crippen molar-refractivity contribution >= 4 is 11.9 Å². The van der Waals surface area contributed by atoms with Gasteiger partial charge in [-0.2, -0.15) is 0 Å². The molecule has 0 saturated heterocycles. The van der Waals surface area contributed by atoms with E-state index in [1.807, 2.05) is 0 Å². The molecule has 1 rings (SSSR count). The van der Waals surface area contributed by atoms with Gasteiger partial charge in [0, 0.05) is 6.21 Å². The molecule has 0 fully saturated rings. The van der Waals surface area contributed by atoms with Gasteiger partial charge in [0.05, 0.1) is 5.71 Å². The van der Waals surface area contributed by atoms with Gasteiger partial charge in [-0.1, -0.05) is 13.8 Å². The van der Waals surface area contributed by atoms with E-state index in [4.69, 9.17) is 0 Å². The van der Waals surface area contributed by atoms with Gasteiger partial charge in [0.25, 0.3) is 0 Å². The molecule has 0 aliphatic carbocycles. The van der Waals surface area contributed by atoms with E-state index < -0.39 is 0 Å². The second-order valence-corrected chi connectivity index (χ2v) is 2.05. The lowest BCUT2D eigenvalue weighted by atomic mass is 10.1.